The van der Waals surface area contributed by atoms with Crippen LogP contribution < -0.4 is 15.6 Å². The molecule has 0 aliphatic carbocycles. The first-order valence-electron chi connectivity index (χ1n) is 8.92. The number of aromatic nitrogens is 1. The molecule has 1 aromatic carbocycles. The number of pyridine rings is 1. The van der Waals surface area contributed by atoms with Crippen molar-refractivity contribution >= 4 is 16.9 Å². The number of hydrogen-bond acceptors (Lipinski definition) is 6. The minimum absolute atomic E-state index is 0.103. The highest BCUT2D eigenvalue weighted by Gasteiger charge is 2.29. The molecule has 3 N–H and O–H groups in total. The topological polar surface area (TPSA) is 114 Å². The van der Waals surface area contributed by atoms with Gasteiger partial charge in [-0.05, 0) is 37.3 Å². The molecule has 0 radical (unpaired) electrons. The Kier molecular flexibility index (Phi) is 4.89. The van der Waals surface area contributed by atoms with Crippen molar-refractivity contribution in [3.8, 4) is 5.75 Å². The number of hydrogen-bond donors (Lipinski definition) is 3. The molecule has 1 aliphatic rings. The summed E-state index contributed by atoms with van der Waals surface area (Å²) in [5.74, 6) is 0.634. The third-order valence-corrected chi connectivity index (χ3v) is 4.72. The molecule has 1 unspecified atom stereocenters. The van der Waals surface area contributed by atoms with Gasteiger partial charge in [-0.25, -0.2) is 0 Å². The van der Waals surface area contributed by atoms with E-state index in [1.807, 2.05) is 0 Å². The highest BCUT2D eigenvalue weighted by atomic mass is 16.5. The van der Waals surface area contributed by atoms with E-state index in [4.69, 9.17) is 13.9 Å². The van der Waals surface area contributed by atoms with Gasteiger partial charge in [-0.1, -0.05) is 0 Å². The second-order valence-electron chi connectivity index (χ2n) is 6.69. The lowest BCUT2D eigenvalue weighted by Gasteiger charge is -2.14. The van der Waals surface area contributed by atoms with Gasteiger partial charge in [0, 0.05) is 11.6 Å². The zero-order chi connectivity index (χ0) is 19.7. The van der Waals surface area contributed by atoms with Gasteiger partial charge < -0.3 is 29.3 Å². The maximum Gasteiger partial charge on any atom is 0.255 e. The number of aliphatic hydroxyl groups is 1. The largest absolute Gasteiger partial charge is 0.489 e. The summed E-state index contributed by atoms with van der Waals surface area (Å²) in [7, 11) is 0. The second-order valence-corrected chi connectivity index (χ2v) is 6.69. The van der Waals surface area contributed by atoms with Crippen LogP contribution in [0.15, 0.2) is 45.7 Å². The molecular weight excluding hydrogens is 364 g/mol. The molecule has 2 aromatic heterocycles. The molecule has 4 rings (SSSR count). The minimum atomic E-state index is -0.731. The number of H-pyrrole nitrogens is 1. The fourth-order valence-corrected chi connectivity index (χ4v) is 3.22. The van der Waals surface area contributed by atoms with E-state index in [0.717, 1.165) is 0 Å². The minimum Gasteiger partial charge on any atom is -0.489 e. The Morgan fingerprint density at radius 1 is 1.36 bits per heavy atom. The molecule has 146 valence electrons. The normalized spacial score (nSPS) is 19.1. The molecular formula is C20H20N2O6. The van der Waals surface area contributed by atoms with E-state index in [2.05, 4.69) is 10.3 Å². The van der Waals surface area contributed by atoms with Crippen LogP contribution in [-0.4, -0.2) is 41.4 Å². The van der Waals surface area contributed by atoms with E-state index in [9.17, 15) is 14.7 Å². The summed E-state index contributed by atoms with van der Waals surface area (Å²) in [5.41, 5.74) is 1.23. The fraction of sp³-hybridized carbons (Fsp3) is 0.300. The summed E-state index contributed by atoms with van der Waals surface area (Å²) in [5, 5.41) is 13.2. The number of nitrogens with one attached hydrogen (secondary N) is 2. The SMILES string of the molecule is Cc1oc2ccc(OCc3ccc[nH]c3=O)cc2c1C(=O)NC1COC[C@@H]1O. The Bertz CT molecular complexity index is 1070. The number of furan rings is 1. The van der Waals surface area contributed by atoms with Gasteiger partial charge in [0.2, 0.25) is 0 Å². The number of aliphatic hydroxyl groups excluding tert-OH is 1. The number of ether oxygens (including phenoxy) is 2. The van der Waals surface area contributed by atoms with Crippen LogP contribution in [-0.2, 0) is 11.3 Å². The van der Waals surface area contributed by atoms with Crippen molar-refractivity contribution in [3.63, 3.8) is 0 Å². The van der Waals surface area contributed by atoms with Gasteiger partial charge in [0.25, 0.3) is 11.5 Å². The molecule has 0 bridgehead atoms. The van der Waals surface area contributed by atoms with Crippen LogP contribution in [0.3, 0.4) is 0 Å². The zero-order valence-electron chi connectivity index (χ0n) is 15.2. The maximum atomic E-state index is 12.8. The Labute approximate surface area is 160 Å². The van der Waals surface area contributed by atoms with Crippen molar-refractivity contribution in [3.05, 3.63) is 63.8 Å². The lowest BCUT2D eigenvalue weighted by atomic mass is 10.1. The average molecular weight is 384 g/mol. The van der Waals surface area contributed by atoms with Crippen molar-refractivity contribution in [1.29, 1.82) is 0 Å². The number of rotatable bonds is 5. The average Bonchev–Trinajstić information content (AvgIpc) is 3.22. The van der Waals surface area contributed by atoms with Crippen molar-refractivity contribution in [2.75, 3.05) is 13.2 Å². The Hall–Kier alpha value is -3.10. The Morgan fingerprint density at radius 3 is 2.96 bits per heavy atom. The van der Waals surface area contributed by atoms with E-state index in [1.54, 1.807) is 43.5 Å². The molecule has 2 atom stereocenters. The molecule has 8 heteroatoms. The molecule has 0 spiro atoms. The van der Waals surface area contributed by atoms with Crippen molar-refractivity contribution in [2.24, 2.45) is 0 Å². The van der Waals surface area contributed by atoms with Gasteiger partial charge in [-0.15, -0.1) is 0 Å². The number of benzene rings is 1. The summed E-state index contributed by atoms with van der Waals surface area (Å²) in [6, 6.07) is 8.11. The number of aromatic amines is 1. The summed E-state index contributed by atoms with van der Waals surface area (Å²) in [6.45, 7) is 2.28. The molecule has 3 heterocycles. The van der Waals surface area contributed by atoms with Crippen LogP contribution in [0.5, 0.6) is 5.75 Å². The van der Waals surface area contributed by atoms with Crippen molar-refractivity contribution in [1.82, 2.24) is 10.3 Å². The molecule has 3 aromatic rings. The molecule has 28 heavy (non-hydrogen) atoms. The smallest absolute Gasteiger partial charge is 0.255 e. The van der Waals surface area contributed by atoms with Crippen LogP contribution in [0.1, 0.15) is 21.7 Å². The highest BCUT2D eigenvalue weighted by Crippen LogP contribution is 2.29. The third kappa shape index (κ3) is 3.51. The predicted octanol–water partition coefficient (Wildman–Crippen LogP) is 1.50. The quantitative estimate of drug-likeness (QED) is 0.614. The highest BCUT2D eigenvalue weighted by molar-refractivity contribution is 6.07. The van der Waals surface area contributed by atoms with E-state index >= 15 is 0 Å². The number of amides is 1. The zero-order valence-corrected chi connectivity index (χ0v) is 15.2. The first-order valence-corrected chi connectivity index (χ1v) is 8.92. The second kappa shape index (κ2) is 7.49. The lowest BCUT2D eigenvalue weighted by Crippen LogP contribution is -2.42. The van der Waals surface area contributed by atoms with Gasteiger partial charge in [-0.2, -0.15) is 0 Å². The van der Waals surface area contributed by atoms with E-state index in [-0.39, 0.29) is 31.3 Å². The van der Waals surface area contributed by atoms with Crippen LogP contribution in [0.4, 0.5) is 0 Å². The molecule has 0 saturated carbocycles. The van der Waals surface area contributed by atoms with Gasteiger partial charge in [0.1, 0.15) is 23.7 Å². The number of aryl methyl sites for hydroxylation is 1. The first kappa shape index (κ1) is 18.3. The summed E-state index contributed by atoms with van der Waals surface area (Å²) in [4.78, 5) is 27.1. The molecule has 1 amide bonds. The van der Waals surface area contributed by atoms with Crippen LogP contribution in [0.25, 0.3) is 11.0 Å². The van der Waals surface area contributed by atoms with Gasteiger partial charge in [0.15, 0.2) is 0 Å². The van der Waals surface area contributed by atoms with Gasteiger partial charge >= 0.3 is 0 Å². The maximum absolute atomic E-state index is 12.8. The fourth-order valence-electron chi connectivity index (χ4n) is 3.22. The first-order chi connectivity index (χ1) is 13.5. The van der Waals surface area contributed by atoms with E-state index < -0.39 is 12.1 Å². The van der Waals surface area contributed by atoms with E-state index in [1.165, 1.54) is 0 Å². The molecule has 1 fully saturated rings. The Morgan fingerprint density at radius 2 is 2.21 bits per heavy atom. The number of carbonyl (C=O) groups excluding carboxylic acids is 1. The van der Waals surface area contributed by atoms with Crippen molar-refractivity contribution in [2.45, 2.75) is 25.7 Å². The number of carbonyl (C=O) groups is 1. The van der Waals surface area contributed by atoms with Crippen LogP contribution >= 0.6 is 0 Å². The van der Waals surface area contributed by atoms with E-state index in [0.29, 0.717) is 33.6 Å². The standard InChI is InChI=1S/C20H20N2O6/c1-11-18(20(25)22-15-9-26-10-16(15)23)14-7-13(4-5-17(14)28-11)27-8-12-3-2-6-21-19(12)24/h2-7,15-16,23H,8-10H2,1H3,(H,21,24)(H,22,25)/t15?,16-/m0/s1. The van der Waals surface area contributed by atoms with Crippen LogP contribution in [0.2, 0.25) is 0 Å². The summed E-state index contributed by atoms with van der Waals surface area (Å²) < 4.78 is 16.6. The predicted molar refractivity (Wildman–Crippen MR) is 100 cm³/mol. The molecule has 1 saturated heterocycles. The van der Waals surface area contributed by atoms with Crippen LogP contribution in [0, 0.1) is 6.92 Å². The molecule has 8 nitrogen and oxygen atoms in total. The number of fused-ring (bicyclic) bond motifs is 1. The van der Waals surface area contributed by atoms with Crippen molar-refractivity contribution < 1.29 is 23.8 Å². The molecule has 1 aliphatic heterocycles. The lowest BCUT2D eigenvalue weighted by molar-refractivity contribution is 0.0886. The van der Waals surface area contributed by atoms with Gasteiger partial charge in [0.05, 0.1) is 36.5 Å². The monoisotopic (exact) mass is 384 g/mol. The third-order valence-electron chi connectivity index (χ3n) is 4.72. The summed E-state index contributed by atoms with van der Waals surface area (Å²) >= 11 is 0. The Balaban J connectivity index is 1.58. The van der Waals surface area contributed by atoms with Gasteiger partial charge in [-0.3, -0.25) is 9.59 Å². The summed E-state index contributed by atoms with van der Waals surface area (Å²) in [6.07, 6.45) is 0.828.